The smallest absolute Gasteiger partial charge is 0.346 e. The van der Waals surface area contributed by atoms with Gasteiger partial charge in [-0.2, -0.15) is 0 Å². The van der Waals surface area contributed by atoms with E-state index >= 15 is 0 Å². The molecule has 1 amide bonds. The van der Waals surface area contributed by atoms with Crippen molar-refractivity contribution >= 4 is 23.3 Å². The van der Waals surface area contributed by atoms with Gasteiger partial charge in [-0.15, -0.1) is 0 Å². The van der Waals surface area contributed by atoms with E-state index in [1.165, 1.54) is 26.4 Å². The molecule has 170 valence electrons. The second-order valence-electron chi connectivity index (χ2n) is 6.67. The first kappa shape index (κ1) is 23.2. The number of esters is 1. The molecule has 1 atom stereocenters. The number of methoxy groups -OCH3 is 2. The number of rotatable bonds is 8. The van der Waals surface area contributed by atoms with Gasteiger partial charge in [-0.1, -0.05) is 30.3 Å². The molecule has 3 aromatic carbocycles. The fourth-order valence-electron chi connectivity index (χ4n) is 3.00. The number of hydrogen-bond donors (Lipinski definition) is 1. The van der Waals surface area contributed by atoms with Crippen molar-refractivity contribution in [2.75, 3.05) is 19.5 Å². The lowest BCUT2D eigenvalue weighted by Crippen LogP contribution is -2.26. The van der Waals surface area contributed by atoms with Gasteiger partial charge in [0.05, 0.1) is 25.2 Å². The first-order valence-corrected chi connectivity index (χ1v) is 9.56. The van der Waals surface area contributed by atoms with Crippen LogP contribution in [0.25, 0.3) is 0 Å². The molecule has 3 aromatic rings. The van der Waals surface area contributed by atoms with Crippen LogP contribution in [0.2, 0.25) is 0 Å². The molecule has 9 nitrogen and oxygen atoms in total. The fraction of sp³-hybridized carbons (Fsp3) is 0.130. The summed E-state index contributed by atoms with van der Waals surface area (Å²) in [5.74, 6) is -2.22. The first-order chi connectivity index (χ1) is 15.8. The number of amides is 1. The van der Waals surface area contributed by atoms with E-state index < -0.39 is 40.0 Å². The molecule has 1 N–H and O–H groups in total. The van der Waals surface area contributed by atoms with Gasteiger partial charge in [0.15, 0.2) is 11.5 Å². The maximum Gasteiger partial charge on any atom is 0.346 e. The molecule has 0 heterocycles. The Labute approximate surface area is 187 Å². The highest BCUT2D eigenvalue weighted by Gasteiger charge is 2.31. The third-order valence-corrected chi connectivity index (χ3v) is 4.60. The van der Waals surface area contributed by atoms with Crippen LogP contribution in [0, 0.1) is 15.9 Å². The molecule has 0 radical (unpaired) electrons. The Morgan fingerprint density at radius 2 is 1.58 bits per heavy atom. The number of carbonyl (C=O) groups excluding carboxylic acids is 2. The van der Waals surface area contributed by atoms with Crippen molar-refractivity contribution < 1.29 is 33.1 Å². The van der Waals surface area contributed by atoms with Crippen molar-refractivity contribution in [2.24, 2.45) is 0 Å². The zero-order chi connectivity index (χ0) is 24.0. The molecule has 0 aliphatic rings. The Morgan fingerprint density at radius 1 is 0.970 bits per heavy atom. The standard InChI is InChI=1S/C23H19FN2O7/c1-31-19-12-17(18(26(29)30)13-20(19)32-2)23(28)33-21(14-6-4-3-5-7-14)22(27)25-16-10-8-15(24)9-11-16/h3-13,21H,1-2H3,(H,25,27). The van der Waals surface area contributed by atoms with Gasteiger partial charge < -0.3 is 19.5 Å². The van der Waals surface area contributed by atoms with Crippen molar-refractivity contribution in [3.63, 3.8) is 0 Å². The topological polar surface area (TPSA) is 117 Å². The maximum absolute atomic E-state index is 13.2. The summed E-state index contributed by atoms with van der Waals surface area (Å²) in [7, 11) is 2.60. The zero-order valence-electron chi connectivity index (χ0n) is 17.6. The van der Waals surface area contributed by atoms with Crippen molar-refractivity contribution in [3.05, 3.63) is 93.8 Å². The molecule has 0 saturated carbocycles. The van der Waals surface area contributed by atoms with Crippen LogP contribution in [-0.2, 0) is 9.53 Å². The van der Waals surface area contributed by atoms with Gasteiger partial charge in [0.1, 0.15) is 11.4 Å². The lowest BCUT2D eigenvalue weighted by Gasteiger charge is -2.18. The molecule has 0 fully saturated rings. The normalized spacial score (nSPS) is 11.2. The monoisotopic (exact) mass is 454 g/mol. The number of carbonyl (C=O) groups is 2. The third kappa shape index (κ3) is 5.42. The predicted molar refractivity (Wildman–Crippen MR) is 116 cm³/mol. The Balaban J connectivity index is 1.96. The van der Waals surface area contributed by atoms with Crippen molar-refractivity contribution in [1.82, 2.24) is 0 Å². The number of nitrogens with one attached hydrogen (secondary N) is 1. The van der Waals surface area contributed by atoms with Gasteiger partial charge in [-0.3, -0.25) is 14.9 Å². The Morgan fingerprint density at radius 3 is 2.15 bits per heavy atom. The average molecular weight is 454 g/mol. The van der Waals surface area contributed by atoms with Crippen LogP contribution < -0.4 is 14.8 Å². The highest BCUT2D eigenvalue weighted by Crippen LogP contribution is 2.35. The molecular weight excluding hydrogens is 435 g/mol. The van der Waals surface area contributed by atoms with Crippen molar-refractivity contribution in [1.29, 1.82) is 0 Å². The van der Waals surface area contributed by atoms with Gasteiger partial charge in [0.2, 0.25) is 6.10 Å². The van der Waals surface area contributed by atoms with Crippen molar-refractivity contribution in [2.45, 2.75) is 6.10 Å². The summed E-state index contributed by atoms with van der Waals surface area (Å²) in [6, 6.07) is 15.3. The molecule has 0 aliphatic heterocycles. The molecule has 0 aromatic heterocycles. The molecule has 3 rings (SSSR count). The second-order valence-corrected chi connectivity index (χ2v) is 6.67. The van der Waals surface area contributed by atoms with Crippen molar-refractivity contribution in [3.8, 4) is 11.5 Å². The highest BCUT2D eigenvalue weighted by atomic mass is 19.1. The first-order valence-electron chi connectivity index (χ1n) is 9.56. The van der Waals surface area contributed by atoms with Crippen LogP contribution in [0.4, 0.5) is 15.8 Å². The number of ether oxygens (including phenoxy) is 3. The number of hydrogen-bond acceptors (Lipinski definition) is 7. The Bertz CT molecular complexity index is 1170. The van der Waals surface area contributed by atoms with E-state index in [9.17, 15) is 24.1 Å². The number of benzene rings is 3. The summed E-state index contributed by atoms with van der Waals surface area (Å²) in [4.78, 5) is 36.7. The molecule has 0 aliphatic carbocycles. The summed E-state index contributed by atoms with van der Waals surface area (Å²) in [5, 5.41) is 14.1. The van der Waals surface area contributed by atoms with Crippen LogP contribution in [0.1, 0.15) is 22.0 Å². The van der Waals surface area contributed by atoms with E-state index in [-0.39, 0.29) is 17.2 Å². The summed E-state index contributed by atoms with van der Waals surface area (Å²) < 4.78 is 28.8. The number of nitrogens with zero attached hydrogens (tertiary/aromatic N) is 1. The van der Waals surface area contributed by atoms with Crippen LogP contribution in [0.3, 0.4) is 0 Å². The minimum atomic E-state index is -1.45. The predicted octanol–water partition coefficient (Wildman–Crippen LogP) is 4.29. The lowest BCUT2D eigenvalue weighted by atomic mass is 10.1. The van der Waals surface area contributed by atoms with E-state index in [4.69, 9.17) is 14.2 Å². The zero-order valence-corrected chi connectivity index (χ0v) is 17.6. The van der Waals surface area contributed by atoms with E-state index in [1.807, 2.05) is 0 Å². The molecule has 0 bridgehead atoms. The second kappa shape index (κ2) is 10.2. The van der Waals surface area contributed by atoms with Crippen LogP contribution in [0.5, 0.6) is 11.5 Å². The fourth-order valence-corrected chi connectivity index (χ4v) is 3.00. The average Bonchev–Trinajstić information content (AvgIpc) is 2.83. The quantitative estimate of drug-likeness (QED) is 0.307. The largest absolute Gasteiger partial charge is 0.493 e. The van der Waals surface area contributed by atoms with Crippen LogP contribution >= 0.6 is 0 Å². The Hall–Kier alpha value is -4.47. The third-order valence-electron chi connectivity index (χ3n) is 4.60. The molecule has 1 unspecified atom stereocenters. The highest BCUT2D eigenvalue weighted by molar-refractivity contribution is 6.00. The van der Waals surface area contributed by atoms with Crippen LogP contribution in [-0.4, -0.2) is 31.0 Å². The molecular formula is C23H19FN2O7. The van der Waals surface area contributed by atoms with E-state index in [0.29, 0.717) is 5.56 Å². The van der Waals surface area contributed by atoms with E-state index in [1.54, 1.807) is 30.3 Å². The maximum atomic E-state index is 13.2. The minimum Gasteiger partial charge on any atom is -0.493 e. The summed E-state index contributed by atoms with van der Waals surface area (Å²) in [6.45, 7) is 0. The van der Waals surface area contributed by atoms with E-state index in [0.717, 1.165) is 24.3 Å². The van der Waals surface area contributed by atoms with Gasteiger partial charge in [-0.05, 0) is 24.3 Å². The van der Waals surface area contributed by atoms with E-state index in [2.05, 4.69) is 5.32 Å². The molecule has 33 heavy (non-hydrogen) atoms. The summed E-state index contributed by atoms with van der Waals surface area (Å²) >= 11 is 0. The number of nitro groups is 1. The molecule has 0 spiro atoms. The summed E-state index contributed by atoms with van der Waals surface area (Å²) in [6.07, 6.45) is -1.45. The lowest BCUT2D eigenvalue weighted by molar-refractivity contribution is -0.385. The van der Waals surface area contributed by atoms with Gasteiger partial charge >= 0.3 is 5.97 Å². The number of halogens is 1. The molecule has 10 heteroatoms. The minimum absolute atomic E-state index is 0.0504. The van der Waals surface area contributed by atoms with Gasteiger partial charge in [-0.25, -0.2) is 9.18 Å². The van der Waals surface area contributed by atoms with Gasteiger partial charge in [0, 0.05) is 17.3 Å². The number of nitro benzene ring substituents is 1. The Kier molecular flexibility index (Phi) is 7.19. The van der Waals surface area contributed by atoms with Gasteiger partial charge in [0.25, 0.3) is 11.6 Å². The van der Waals surface area contributed by atoms with Crippen LogP contribution in [0.15, 0.2) is 66.7 Å². The number of anilines is 1. The SMILES string of the molecule is COc1cc(C(=O)OC(C(=O)Nc2ccc(F)cc2)c2ccccc2)c([N+](=O)[O-])cc1OC. The molecule has 0 saturated heterocycles. The summed E-state index contributed by atoms with van der Waals surface area (Å²) in [5.41, 5.74) is -0.402.